The maximum absolute atomic E-state index is 5.68. The predicted molar refractivity (Wildman–Crippen MR) is 65.2 cm³/mol. The maximum atomic E-state index is 5.68. The van der Waals surface area contributed by atoms with Crippen LogP contribution in [0, 0.1) is 0 Å². The molecule has 0 fully saturated rings. The van der Waals surface area contributed by atoms with Crippen molar-refractivity contribution >= 4 is 8.38 Å². The van der Waals surface area contributed by atoms with Crippen molar-refractivity contribution in [2.24, 2.45) is 0 Å². The standard InChI is InChI=1S/C12H19O2P/c1-3-13-15(4-2)14-11-10-12-8-6-5-7-9-12/h5-9H,3-4,10-11H2,1-2H3. The van der Waals surface area contributed by atoms with Gasteiger partial charge in [-0.25, -0.2) is 0 Å². The van der Waals surface area contributed by atoms with Crippen molar-refractivity contribution in [3.63, 3.8) is 0 Å². The van der Waals surface area contributed by atoms with Crippen LogP contribution in [0.1, 0.15) is 19.4 Å². The molecule has 15 heavy (non-hydrogen) atoms. The smallest absolute Gasteiger partial charge is 0.170 e. The van der Waals surface area contributed by atoms with E-state index in [0.29, 0.717) is 0 Å². The molecule has 1 unspecified atom stereocenters. The van der Waals surface area contributed by atoms with Crippen molar-refractivity contribution in [1.82, 2.24) is 0 Å². The van der Waals surface area contributed by atoms with Crippen LogP contribution in [0.25, 0.3) is 0 Å². The van der Waals surface area contributed by atoms with E-state index in [9.17, 15) is 0 Å². The fourth-order valence-electron chi connectivity index (χ4n) is 1.27. The largest absolute Gasteiger partial charge is 0.334 e. The Morgan fingerprint density at radius 3 is 2.40 bits per heavy atom. The molecular formula is C12H19O2P. The minimum absolute atomic E-state index is 0.655. The van der Waals surface area contributed by atoms with Gasteiger partial charge in [0.1, 0.15) is 0 Å². The average Bonchev–Trinajstić information content (AvgIpc) is 2.29. The van der Waals surface area contributed by atoms with Gasteiger partial charge in [-0.05, 0) is 18.9 Å². The second kappa shape index (κ2) is 7.81. The third-order valence-corrected chi connectivity index (χ3v) is 3.53. The molecule has 0 saturated carbocycles. The molecule has 0 radical (unpaired) electrons. The quantitative estimate of drug-likeness (QED) is 0.661. The van der Waals surface area contributed by atoms with E-state index in [2.05, 4.69) is 31.2 Å². The van der Waals surface area contributed by atoms with Crippen LogP contribution in [0.3, 0.4) is 0 Å². The van der Waals surface area contributed by atoms with Gasteiger partial charge >= 0.3 is 0 Å². The Balaban J connectivity index is 2.20. The van der Waals surface area contributed by atoms with Crippen molar-refractivity contribution in [2.45, 2.75) is 20.3 Å². The van der Waals surface area contributed by atoms with Gasteiger partial charge < -0.3 is 9.05 Å². The second-order valence-corrected chi connectivity index (χ2v) is 4.95. The van der Waals surface area contributed by atoms with E-state index in [-0.39, 0.29) is 0 Å². The summed E-state index contributed by atoms with van der Waals surface area (Å²) in [5.74, 6) is 0. The number of benzene rings is 1. The first kappa shape index (κ1) is 12.6. The lowest BCUT2D eigenvalue weighted by molar-refractivity contribution is 0.262. The topological polar surface area (TPSA) is 18.5 Å². The lowest BCUT2D eigenvalue weighted by atomic mass is 10.2. The molecule has 0 aliphatic heterocycles. The lowest BCUT2D eigenvalue weighted by Crippen LogP contribution is -1.98. The summed E-state index contributed by atoms with van der Waals surface area (Å²) in [6.45, 7) is 5.60. The molecular weight excluding hydrogens is 207 g/mol. The van der Waals surface area contributed by atoms with E-state index in [1.165, 1.54) is 5.56 Å². The van der Waals surface area contributed by atoms with Crippen molar-refractivity contribution in [1.29, 1.82) is 0 Å². The zero-order chi connectivity index (χ0) is 10.9. The molecule has 0 aliphatic carbocycles. The van der Waals surface area contributed by atoms with Crippen molar-refractivity contribution in [2.75, 3.05) is 19.4 Å². The van der Waals surface area contributed by atoms with Crippen LogP contribution in [0.5, 0.6) is 0 Å². The first-order valence-electron chi connectivity index (χ1n) is 5.44. The highest BCUT2D eigenvalue weighted by molar-refractivity contribution is 7.47. The summed E-state index contributed by atoms with van der Waals surface area (Å²) in [7, 11) is -0.655. The zero-order valence-electron chi connectivity index (χ0n) is 9.48. The molecule has 1 aromatic carbocycles. The highest BCUT2D eigenvalue weighted by Crippen LogP contribution is 2.37. The molecule has 0 heterocycles. The summed E-state index contributed by atoms with van der Waals surface area (Å²) >= 11 is 0. The van der Waals surface area contributed by atoms with Gasteiger partial charge in [-0.3, -0.25) is 0 Å². The lowest BCUT2D eigenvalue weighted by Gasteiger charge is -2.14. The summed E-state index contributed by atoms with van der Waals surface area (Å²) in [4.78, 5) is 0. The van der Waals surface area contributed by atoms with Crippen molar-refractivity contribution < 1.29 is 9.05 Å². The average molecular weight is 226 g/mol. The summed E-state index contributed by atoms with van der Waals surface area (Å²) in [5.41, 5.74) is 1.32. The minimum Gasteiger partial charge on any atom is -0.334 e. The van der Waals surface area contributed by atoms with E-state index in [4.69, 9.17) is 9.05 Å². The van der Waals surface area contributed by atoms with Gasteiger partial charge in [-0.1, -0.05) is 37.3 Å². The fourth-order valence-corrected chi connectivity index (χ4v) is 2.30. The van der Waals surface area contributed by atoms with Gasteiger partial charge in [-0.15, -0.1) is 0 Å². The predicted octanol–water partition coefficient (Wildman–Crippen LogP) is 3.61. The molecule has 0 bridgehead atoms. The maximum Gasteiger partial charge on any atom is 0.170 e. The van der Waals surface area contributed by atoms with Gasteiger partial charge in [0.25, 0.3) is 0 Å². The summed E-state index contributed by atoms with van der Waals surface area (Å²) in [6.07, 6.45) is 1.94. The minimum atomic E-state index is -0.655. The van der Waals surface area contributed by atoms with Gasteiger partial charge in [0, 0.05) is 6.16 Å². The van der Waals surface area contributed by atoms with Crippen LogP contribution in [0.4, 0.5) is 0 Å². The highest BCUT2D eigenvalue weighted by Gasteiger charge is 2.05. The van der Waals surface area contributed by atoms with Crippen molar-refractivity contribution in [3.8, 4) is 0 Å². The molecule has 0 N–H and O–H groups in total. The highest BCUT2D eigenvalue weighted by atomic mass is 31.2. The SMILES string of the molecule is CCOP(CC)OCCc1ccccc1. The van der Waals surface area contributed by atoms with Crippen LogP contribution >= 0.6 is 8.38 Å². The van der Waals surface area contributed by atoms with Crippen LogP contribution < -0.4 is 0 Å². The Labute approximate surface area is 93.5 Å². The Morgan fingerprint density at radius 2 is 1.80 bits per heavy atom. The molecule has 1 atom stereocenters. The molecule has 3 heteroatoms. The Bertz CT molecular complexity index is 251. The summed E-state index contributed by atoms with van der Waals surface area (Å²) in [6, 6.07) is 10.4. The third kappa shape index (κ3) is 5.27. The monoisotopic (exact) mass is 226 g/mol. The van der Waals surface area contributed by atoms with Gasteiger partial charge in [0.05, 0.1) is 13.2 Å². The van der Waals surface area contributed by atoms with Gasteiger partial charge in [-0.2, -0.15) is 0 Å². The number of hydrogen-bond acceptors (Lipinski definition) is 2. The van der Waals surface area contributed by atoms with Crippen molar-refractivity contribution in [3.05, 3.63) is 35.9 Å². The molecule has 0 amide bonds. The van der Waals surface area contributed by atoms with E-state index < -0.39 is 8.38 Å². The molecule has 2 nitrogen and oxygen atoms in total. The third-order valence-electron chi connectivity index (χ3n) is 2.00. The molecule has 84 valence electrons. The molecule has 0 spiro atoms. The Morgan fingerprint density at radius 1 is 1.07 bits per heavy atom. The normalized spacial score (nSPS) is 12.7. The van der Waals surface area contributed by atoms with E-state index in [1.807, 2.05) is 13.0 Å². The van der Waals surface area contributed by atoms with E-state index in [1.54, 1.807) is 0 Å². The van der Waals surface area contributed by atoms with Crippen LogP contribution in [-0.2, 0) is 15.5 Å². The number of hydrogen-bond donors (Lipinski definition) is 0. The molecule has 0 saturated heterocycles. The molecule has 1 aromatic rings. The van der Waals surface area contributed by atoms with E-state index >= 15 is 0 Å². The van der Waals surface area contributed by atoms with Crippen LogP contribution in [0.2, 0.25) is 0 Å². The molecule has 0 aromatic heterocycles. The fraction of sp³-hybridized carbons (Fsp3) is 0.500. The second-order valence-electron chi connectivity index (χ2n) is 3.14. The first-order valence-corrected chi connectivity index (χ1v) is 6.80. The van der Waals surface area contributed by atoms with Gasteiger partial charge in [0.15, 0.2) is 8.38 Å². The summed E-state index contributed by atoms with van der Waals surface area (Å²) in [5, 5.41) is 0. The molecule has 1 rings (SSSR count). The Hall–Kier alpha value is -0.430. The summed E-state index contributed by atoms with van der Waals surface area (Å²) < 4.78 is 11.1. The van der Waals surface area contributed by atoms with Crippen LogP contribution in [0.15, 0.2) is 30.3 Å². The number of rotatable bonds is 7. The van der Waals surface area contributed by atoms with E-state index in [0.717, 1.165) is 25.8 Å². The first-order chi connectivity index (χ1) is 7.36. The Kier molecular flexibility index (Phi) is 6.58. The van der Waals surface area contributed by atoms with Gasteiger partial charge in [0.2, 0.25) is 0 Å². The zero-order valence-corrected chi connectivity index (χ0v) is 10.4. The van der Waals surface area contributed by atoms with Crippen LogP contribution in [-0.4, -0.2) is 19.4 Å². The molecule has 0 aliphatic rings.